The Hall–Kier alpha value is -1.44. The van der Waals surface area contributed by atoms with Gasteiger partial charge in [0.2, 0.25) is 11.8 Å². The molecule has 4 bridgehead atoms. The van der Waals surface area contributed by atoms with E-state index in [0.717, 1.165) is 48.5 Å². The molecule has 6 fully saturated rings. The highest BCUT2D eigenvalue weighted by atomic mass is 127. The Morgan fingerprint density at radius 1 is 0.882 bits per heavy atom. The zero-order chi connectivity index (χ0) is 23.4. The van der Waals surface area contributed by atoms with Gasteiger partial charge in [-0.05, 0) is 116 Å². The first-order chi connectivity index (χ1) is 16.4. The van der Waals surface area contributed by atoms with Crippen molar-refractivity contribution in [2.75, 3.05) is 4.90 Å². The topological polar surface area (TPSA) is 57.7 Å². The second-order valence-corrected chi connectivity index (χ2v) is 13.1. The van der Waals surface area contributed by atoms with Crippen molar-refractivity contribution in [1.82, 2.24) is 4.90 Å². The van der Waals surface area contributed by atoms with Gasteiger partial charge in [-0.1, -0.05) is 25.7 Å². The van der Waals surface area contributed by atoms with Crippen LogP contribution in [0.3, 0.4) is 0 Å². The number of carbonyl (C=O) groups excluding carboxylic acids is 3. The van der Waals surface area contributed by atoms with E-state index in [0.29, 0.717) is 23.4 Å². The molecule has 1 heterocycles. The zero-order valence-electron chi connectivity index (χ0n) is 19.9. The van der Waals surface area contributed by atoms with Gasteiger partial charge < -0.3 is 4.90 Å². The molecular formula is C28H35IN2O3. The summed E-state index contributed by atoms with van der Waals surface area (Å²) in [7, 11) is 0. The summed E-state index contributed by atoms with van der Waals surface area (Å²) in [6, 6.07) is 6.98. The molecule has 0 spiro atoms. The summed E-state index contributed by atoms with van der Waals surface area (Å²) < 4.78 is 1.06. The molecule has 5 aliphatic carbocycles. The van der Waals surface area contributed by atoms with E-state index in [9.17, 15) is 14.4 Å². The number of carbonyl (C=O) groups is 3. The number of benzene rings is 1. The largest absolute Gasteiger partial charge is 0.327 e. The fourth-order valence-electron chi connectivity index (χ4n) is 8.44. The zero-order valence-corrected chi connectivity index (χ0v) is 22.0. The highest BCUT2D eigenvalue weighted by Gasteiger charge is 2.58. The standard InChI is InChI=1S/C28H35IN2O3/c29-21-7-9-23(10-8-21)31-25(32)14-24(26(31)33)30(22-5-3-1-2-4-6-22)27(34)28-15-18-11-19(16-28)13-20(12-18)17-28/h7-10,18-20,22,24H,1-6,11-17H2. The van der Waals surface area contributed by atoms with E-state index in [1.54, 1.807) is 0 Å². The fraction of sp³-hybridized carbons (Fsp3) is 0.679. The van der Waals surface area contributed by atoms with Gasteiger partial charge in [0.05, 0.1) is 17.5 Å². The van der Waals surface area contributed by atoms with Crippen LogP contribution in [0, 0.1) is 26.7 Å². The summed E-state index contributed by atoms with van der Waals surface area (Å²) >= 11 is 2.23. The van der Waals surface area contributed by atoms with E-state index in [-0.39, 0.29) is 35.6 Å². The number of anilines is 1. The smallest absolute Gasteiger partial charge is 0.257 e. The molecule has 1 saturated heterocycles. The lowest BCUT2D eigenvalue weighted by molar-refractivity contribution is -0.164. The molecule has 0 N–H and O–H groups in total. The third kappa shape index (κ3) is 3.92. The number of imide groups is 1. The van der Waals surface area contributed by atoms with E-state index < -0.39 is 6.04 Å². The summed E-state index contributed by atoms with van der Waals surface area (Å²) in [5, 5.41) is 0. The van der Waals surface area contributed by atoms with E-state index in [4.69, 9.17) is 0 Å². The average molecular weight is 575 g/mol. The lowest BCUT2D eigenvalue weighted by Gasteiger charge is -2.57. The summed E-state index contributed by atoms with van der Waals surface area (Å²) in [5.41, 5.74) is 0.335. The lowest BCUT2D eigenvalue weighted by atomic mass is 9.49. The first kappa shape index (κ1) is 23.0. The van der Waals surface area contributed by atoms with Crippen LogP contribution in [0.25, 0.3) is 0 Å². The molecule has 3 amide bonds. The maximum Gasteiger partial charge on any atom is 0.257 e. The first-order valence-corrected chi connectivity index (χ1v) is 14.5. The number of nitrogens with zero attached hydrogens (tertiary/aromatic N) is 2. The summed E-state index contributed by atoms with van der Waals surface area (Å²) in [5.74, 6) is 1.87. The highest BCUT2D eigenvalue weighted by molar-refractivity contribution is 14.1. The molecule has 1 aromatic carbocycles. The van der Waals surface area contributed by atoms with Gasteiger partial charge in [-0.25, -0.2) is 4.90 Å². The third-order valence-electron chi connectivity index (χ3n) is 9.49. The van der Waals surface area contributed by atoms with Crippen molar-refractivity contribution in [3.63, 3.8) is 0 Å². The van der Waals surface area contributed by atoms with Gasteiger partial charge in [0.1, 0.15) is 6.04 Å². The molecule has 1 unspecified atom stereocenters. The molecule has 1 aliphatic heterocycles. The minimum atomic E-state index is -0.643. The second-order valence-electron chi connectivity index (χ2n) is 11.8. The Morgan fingerprint density at radius 2 is 1.44 bits per heavy atom. The van der Waals surface area contributed by atoms with Gasteiger partial charge in [0.25, 0.3) is 5.91 Å². The summed E-state index contributed by atoms with van der Waals surface area (Å²) in [4.78, 5) is 44.9. The second kappa shape index (κ2) is 8.90. The van der Waals surface area contributed by atoms with Crippen molar-refractivity contribution in [2.45, 2.75) is 95.6 Å². The maximum absolute atomic E-state index is 14.6. The van der Waals surface area contributed by atoms with Crippen LogP contribution in [0.1, 0.15) is 83.5 Å². The fourth-order valence-corrected chi connectivity index (χ4v) is 8.80. The van der Waals surface area contributed by atoms with Gasteiger partial charge in [-0.3, -0.25) is 14.4 Å². The number of rotatable bonds is 4. The SMILES string of the molecule is O=C1CC(N(C(=O)C23CC4CC(CC(C4)C2)C3)C2CCCCCC2)C(=O)N1c1ccc(I)cc1. The van der Waals surface area contributed by atoms with Crippen LogP contribution in [-0.2, 0) is 14.4 Å². The Bertz CT molecular complexity index is 947. The minimum Gasteiger partial charge on any atom is -0.327 e. The number of hydrogen-bond donors (Lipinski definition) is 0. The van der Waals surface area contributed by atoms with Crippen LogP contribution in [-0.4, -0.2) is 34.7 Å². The van der Waals surface area contributed by atoms with E-state index in [2.05, 4.69) is 22.6 Å². The Morgan fingerprint density at radius 3 is 2.00 bits per heavy atom. The normalized spacial score (nSPS) is 35.6. The molecular weight excluding hydrogens is 539 g/mol. The van der Waals surface area contributed by atoms with E-state index in [1.807, 2.05) is 29.2 Å². The minimum absolute atomic E-state index is 0.0847. The molecule has 6 heteroatoms. The van der Waals surface area contributed by atoms with Crippen molar-refractivity contribution in [1.29, 1.82) is 0 Å². The molecule has 0 radical (unpaired) electrons. The van der Waals surface area contributed by atoms with Crippen molar-refractivity contribution >= 4 is 46.0 Å². The van der Waals surface area contributed by atoms with Crippen molar-refractivity contribution in [2.24, 2.45) is 23.2 Å². The van der Waals surface area contributed by atoms with Crippen LogP contribution < -0.4 is 4.90 Å². The van der Waals surface area contributed by atoms with Gasteiger partial charge >= 0.3 is 0 Å². The molecule has 34 heavy (non-hydrogen) atoms. The van der Waals surface area contributed by atoms with Gasteiger partial charge in [-0.15, -0.1) is 0 Å². The molecule has 0 aromatic heterocycles. The Kier molecular flexibility index (Phi) is 6.01. The Labute approximate surface area is 216 Å². The van der Waals surface area contributed by atoms with E-state index >= 15 is 0 Å². The predicted octanol–water partition coefficient (Wildman–Crippen LogP) is 5.69. The molecule has 6 aliphatic rings. The van der Waals surface area contributed by atoms with Crippen LogP contribution in [0.2, 0.25) is 0 Å². The lowest BCUT2D eigenvalue weighted by Crippen LogP contribution is -2.60. The molecule has 5 saturated carbocycles. The summed E-state index contributed by atoms with van der Waals surface area (Å²) in [6.07, 6.45) is 13.5. The van der Waals surface area contributed by atoms with Gasteiger partial charge in [0.15, 0.2) is 0 Å². The number of amides is 3. The van der Waals surface area contributed by atoms with Crippen molar-refractivity contribution < 1.29 is 14.4 Å². The van der Waals surface area contributed by atoms with Crippen LogP contribution in [0.4, 0.5) is 5.69 Å². The predicted molar refractivity (Wildman–Crippen MR) is 139 cm³/mol. The van der Waals surface area contributed by atoms with Crippen LogP contribution in [0.5, 0.6) is 0 Å². The molecule has 1 atom stereocenters. The molecule has 1 aromatic rings. The maximum atomic E-state index is 14.6. The third-order valence-corrected chi connectivity index (χ3v) is 10.2. The summed E-state index contributed by atoms with van der Waals surface area (Å²) in [6.45, 7) is 0. The monoisotopic (exact) mass is 574 g/mol. The quantitative estimate of drug-likeness (QED) is 0.264. The molecule has 5 nitrogen and oxygen atoms in total. The van der Waals surface area contributed by atoms with Crippen molar-refractivity contribution in [3.8, 4) is 0 Å². The molecule has 7 rings (SSSR count). The Balaban J connectivity index is 1.34. The van der Waals surface area contributed by atoms with Gasteiger partial charge in [0, 0.05) is 9.61 Å². The molecule has 182 valence electrons. The van der Waals surface area contributed by atoms with Crippen LogP contribution >= 0.6 is 22.6 Å². The number of halogens is 1. The van der Waals surface area contributed by atoms with Gasteiger partial charge in [-0.2, -0.15) is 0 Å². The average Bonchev–Trinajstić information content (AvgIpc) is 2.96. The number of hydrogen-bond acceptors (Lipinski definition) is 3. The van der Waals surface area contributed by atoms with Crippen LogP contribution in [0.15, 0.2) is 24.3 Å². The van der Waals surface area contributed by atoms with E-state index in [1.165, 1.54) is 37.0 Å². The highest BCUT2D eigenvalue weighted by Crippen LogP contribution is 2.61. The first-order valence-electron chi connectivity index (χ1n) is 13.4. The van der Waals surface area contributed by atoms with Crippen molar-refractivity contribution in [3.05, 3.63) is 27.8 Å².